The van der Waals surface area contributed by atoms with Gasteiger partial charge < -0.3 is 15.3 Å². The van der Waals surface area contributed by atoms with Crippen molar-refractivity contribution in [3.05, 3.63) is 0 Å². The monoisotopic (exact) mass is 268 g/mol. The normalized spacial score (nSPS) is 35.2. The van der Waals surface area contributed by atoms with Crippen LogP contribution in [0.3, 0.4) is 0 Å². The molecule has 2 amide bonds. The summed E-state index contributed by atoms with van der Waals surface area (Å²) in [4.78, 5) is 24.9. The van der Waals surface area contributed by atoms with Crippen molar-refractivity contribution in [1.82, 2.24) is 10.2 Å². The zero-order chi connectivity index (χ0) is 14.0. The van der Waals surface area contributed by atoms with Gasteiger partial charge in [-0.05, 0) is 24.7 Å². The van der Waals surface area contributed by atoms with E-state index in [0.29, 0.717) is 19.0 Å². The van der Waals surface area contributed by atoms with Crippen LogP contribution < -0.4 is 5.32 Å². The molecule has 5 nitrogen and oxygen atoms in total. The van der Waals surface area contributed by atoms with Gasteiger partial charge in [0.25, 0.3) is 0 Å². The maximum Gasteiger partial charge on any atom is 0.317 e. The molecule has 108 valence electrons. The van der Waals surface area contributed by atoms with Crippen LogP contribution in [0.25, 0.3) is 0 Å². The molecular formula is C14H24N2O3. The van der Waals surface area contributed by atoms with Crippen molar-refractivity contribution < 1.29 is 14.7 Å². The molecule has 1 heterocycles. The number of urea groups is 1. The van der Waals surface area contributed by atoms with E-state index >= 15 is 0 Å². The molecule has 2 fully saturated rings. The lowest BCUT2D eigenvalue weighted by Gasteiger charge is -2.31. The predicted molar refractivity (Wildman–Crippen MR) is 71.8 cm³/mol. The van der Waals surface area contributed by atoms with E-state index in [1.165, 1.54) is 19.3 Å². The highest BCUT2D eigenvalue weighted by Crippen LogP contribution is 2.26. The number of aliphatic carboxylic acids is 1. The second-order valence-electron chi connectivity index (χ2n) is 6.14. The highest BCUT2D eigenvalue weighted by Gasteiger charge is 2.37. The molecule has 1 aliphatic carbocycles. The average molecular weight is 268 g/mol. The molecule has 0 bridgehead atoms. The van der Waals surface area contributed by atoms with E-state index in [-0.39, 0.29) is 18.0 Å². The molecule has 5 heteroatoms. The molecular weight excluding hydrogens is 244 g/mol. The number of carbonyl (C=O) groups excluding carboxylic acids is 1. The van der Waals surface area contributed by atoms with Gasteiger partial charge in [0.2, 0.25) is 0 Å². The van der Waals surface area contributed by atoms with Gasteiger partial charge >= 0.3 is 12.0 Å². The lowest BCUT2D eigenvalue weighted by atomic mass is 9.86. The van der Waals surface area contributed by atoms with Gasteiger partial charge in [-0.25, -0.2) is 4.79 Å². The van der Waals surface area contributed by atoms with E-state index < -0.39 is 11.9 Å². The van der Waals surface area contributed by atoms with Crippen molar-refractivity contribution >= 4 is 12.0 Å². The summed E-state index contributed by atoms with van der Waals surface area (Å²) in [6.07, 6.45) is 4.62. The third kappa shape index (κ3) is 3.19. The van der Waals surface area contributed by atoms with Crippen LogP contribution in [-0.2, 0) is 4.79 Å². The summed E-state index contributed by atoms with van der Waals surface area (Å²) in [5, 5.41) is 12.2. The zero-order valence-electron chi connectivity index (χ0n) is 11.8. The van der Waals surface area contributed by atoms with Crippen LogP contribution in [0.4, 0.5) is 4.79 Å². The Bertz CT molecular complexity index is 359. The van der Waals surface area contributed by atoms with Crippen molar-refractivity contribution in [2.75, 3.05) is 13.1 Å². The highest BCUT2D eigenvalue weighted by molar-refractivity contribution is 5.77. The summed E-state index contributed by atoms with van der Waals surface area (Å²) in [5.74, 6) is -0.664. The quantitative estimate of drug-likeness (QED) is 0.804. The van der Waals surface area contributed by atoms with Gasteiger partial charge in [-0.1, -0.05) is 26.7 Å². The fraction of sp³-hybridized carbons (Fsp3) is 0.857. The second-order valence-corrected chi connectivity index (χ2v) is 6.14. The molecule has 0 aromatic heterocycles. The Morgan fingerprint density at radius 3 is 2.37 bits per heavy atom. The molecule has 1 aliphatic heterocycles. The third-order valence-corrected chi connectivity index (χ3v) is 4.64. The van der Waals surface area contributed by atoms with Crippen LogP contribution in [0, 0.1) is 17.8 Å². The first kappa shape index (κ1) is 14.2. The highest BCUT2D eigenvalue weighted by atomic mass is 16.4. The molecule has 19 heavy (non-hydrogen) atoms. The van der Waals surface area contributed by atoms with Crippen LogP contribution in [0.1, 0.15) is 39.5 Å². The van der Waals surface area contributed by atoms with Crippen LogP contribution >= 0.6 is 0 Å². The molecule has 1 saturated carbocycles. The molecule has 2 aliphatic rings. The number of nitrogens with zero attached hydrogens (tertiary/aromatic N) is 1. The first-order valence-corrected chi connectivity index (χ1v) is 7.27. The van der Waals surface area contributed by atoms with Gasteiger partial charge in [0.15, 0.2) is 0 Å². The van der Waals surface area contributed by atoms with Crippen molar-refractivity contribution in [2.24, 2.45) is 17.8 Å². The smallest absolute Gasteiger partial charge is 0.317 e. The Morgan fingerprint density at radius 1 is 1.11 bits per heavy atom. The second kappa shape index (κ2) is 5.80. The van der Waals surface area contributed by atoms with Crippen molar-refractivity contribution in [3.63, 3.8) is 0 Å². The summed E-state index contributed by atoms with van der Waals surface area (Å²) < 4.78 is 0. The van der Waals surface area contributed by atoms with E-state index in [2.05, 4.69) is 12.2 Å². The van der Waals surface area contributed by atoms with E-state index in [1.54, 1.807) is 4.90 Å². The molecule has 0 aromatic rings. The summed E-state index contributed by atoms with van der Waals surface area (Å²) in [6, 6.07) is 0.162. The zero-order valence-corrected chi connectivity index (χ0v) is 11.8. The van der Waals surface area contributed by atoms with Crippen LogP contribution in [0.2, 0.25) is 0 Å². The minimum absolute atomic E-state index is 0.0343. The molecule has 4 atom stereocenters. The molecule has 1 saturated heterocycles. The van der Waals surface area contributed by atoms with Gasteiger partial charge in [0.05, 0.1) is 5.92 Å². The number of hydrogen-bond acceptors (Lipinski definition) is 2. The predicted octanol–water partition coefficient (Wildman–Crippen LogP) is 1.93. The summed E-state index contributed by atoms with van der Waals surface area (Å²) in [6.45, 7) is 4.96. The Balaban J connectivity index is 1.88. The summed E-state index contributed by atoms with van der Waals surface area (Å²) in [7, 11) is 0. The first-order chi connectivity index (χ1) is 8.99. The van der Waals surface area contributed by atoms with Gasteiger partial charge in [-0.3, -0.25) is 4.79 Å². The van der Waals surface area contributed by atoms with Crippen LogP contribution in [0.5, 0.6) is 0 Å². The van der Waals surface area contributed by atoms with Crippen molar-refractivity contribution in [1.29, 1.82) is 0 Å². The summed E-state index contributed by atoms with van der Waals surface area (Å²) in [5.41, 5.74) is 0. The topological polar surface area (TPSA) is 69.6 Å². The number of carbonyl (C=O) groups is 2. The van der Waals surface area contributed by atoms with Crippen molar-refractivity contribution in [2.45, 2.75) is 45.6 Å². The van der Waals surface area contributed by atoms with Gasteiger partial charge in [0.1, 0.15) is 0 Å². The lowest BCUT2D eigenvalue weighted by molar-refractivity contribution is -0.142. The molecule has 0 spiro atoms. The van der Waals surface area contributed by atoms with Crippen LogP contribution in [0.15, 0.2) is 0 Å². The number of nitrogens with one attached hydrogen (secondary N) is 1. The first-order valence-electron chi connectivity index (χ1n) is 7.27. The van der Waals surface area contributed by atoms with E-state index in [9.17, 15) is 9.59 Å². The average Bonchev–Trinajstić information content (AvgIpc) is 2.74. The van der Waals surface area contributed by atoms with Gasteiger partial charge in [-0.2, -0.15) is 0 Å². The number of likely N-dealkylation sites (tertiary alicyclic amines) is 1. The molecule has 0 aromatic carbocycles. The number of hydrogen-bond donors (Lipinski definition) is 2. The standard InChI is InChI=1S/C14H24N2O3/c1-9-5-3-4-6-12(9)15-14(19)16-7-10(2)11(8-16)13(17)18/h9-12H,3-8H2,1-2H3,(H,15,19)(H,17,18). The lowest BCUT2D eigenvalue weighted by Crippen LogP contribution is -2.47. The van der Waals surface area contributed by atoms with E-state index in [0.717, 1.165) is 6.42 Å². The SMILES string of the molecule is CC1CCCCC1NC(=O)N1CC(C)C(C(=O)O)C1. The molecule has 0 radical (unpaired) electrons. The van der Waals surface area contributed by atoms with Gasteiger partial charge in [0, 0.05) is 19.1 Å². The van der Waals surface area contributed by atoms with Crippen LogP contribution in [-0.4, -0.2) is 41.1 Å². The maximum absolute atomic E-state index is 12.2. The van der Waals surface area contributed by atoms with Crippen molar-refractivity contribution in [3.8, 4) is 0 Å². The fourth-order valence-electron chi connectivity index (χ4n) is 3.23. The fourth-order valence-corrected chi connectivity index (χ4v) is 3.23. The minimum atomic E-state index is -0.797. The number of rotatable bonds is 2. The van der Waals surface area contributed by atoms with E-state index in [4.69, 9.17) is 5.11 Å². The third-order valence-electron chi connectivity index (χ3n) is 4.64. The van der Waals surface area contributed by atoms with Gasteiger partial charge in [-0.15, -0.1) is 0 Å². The number of carboxylic acids is 1. The summed E-state index contributed by atoms with van der Waals surface area (Å²) >= 11 is 0. The number of carboxylic acid groups (broad SMARTS) is 1. The Labute approximate surface area is 114 Å². The molecule has 2 N–H and O–H groups in total. The Morgan fingerprint density at radius 2 is 1.79 bits per heavy atom. The Kier molecular flexibility index (Phi) is 4.32. The largest absolute Gasteiger partial charge is 0.481 e. The minimum Gasteiger partial charge on any atom is -0.481 e. The molecule has 4 unspecified atom stereocenters. The number of amides is 2. The Hall–Kier alpha value is -1.26. The maximum atomic E-state index is 12.2. The van der Waals surface area contributed by atoms with E-state index in [1.807, 2.05) is 6.92 Å². The molecule has 2 rings (SSSR count).